The molecule has 0 aromatic heterocycles. The lowest BCUT2D eigenvalue weighted by Gasteiger charge is -2.07. The second-order valence-electron chi connectivity index (χ2n) is 7.49. The van der Waals surface area contributed by atoms with Gasteiger partial charge in [-0.25, -0.2) is 4.39 Å². The molecule has 0 heterocycles. The van der Waals surface area contributed by atoms with E-state index in [2.05, 4.69) is 25.6 Å². The molecule has 0 aliphatic rings. The zero-order valence-electron chi connectivity index (χ0n) is 18.7. The van der Waals surface area contributed by atoms with Gasteiger partial charge in [-0.15, -0.1) is 6.58 Å². The molecule has 1 nitrogen and oxygen atoms in total. The normalized spacial score (nSPS) is 10.2. The van der Waals surface area contributed by atoms with Gasteiger partial charge in [0.05, 0.1) is 0 Å². The molecule has 0 unspecified atom stereocenters. The highest BCUT2D eigenvalue weighted by atomic mass is 19.1. The number of rotatable bonds is 13. The highest BCUT2D eigenvalue weighted by molar-refractivity contribution is 5.33. The van der Waals surface area contributed by atoms with Crippen molar-refractivity contribution in [1.82, 2.24) is 0 Å². The van der Waals surface area contributed by atoms with Crippen LogP contribution in [-0.2, 0) is 6.42 Å². The van der Waals surface area contributed by atoms with Crippen molar-refractivity contribution >= 4 is 0 Å². The van der Waals surface area contributed by atoms with Crippen molar-refractivity contribution in [1.29, 1.82) is 0 Å². The second kappa shape index (κ2) is 15.8. The van der Waals surface area contributed by atoms with Crippen molar-refractivity contribution in [3.8, 4) is 11.5 Å². The van der Waals surface area contributed by atoms with Gasteiger partial charge < -0.3 is 4.74 Å². The van der Waals surface area contributed by atoms with Crippen LogP contribution >= 0.6 is 0 Å². The molecule has 160 valence electrons. The summed E-state index contributed by atoms with van der Waals surface area (Å²) in [5, 5.41) is 0. The summed E-state index contributed by atoms with van der Waals surface area (Å²) in [7, 11) is 0. The Balaban J connectivity index is 0.00000204. The Labute approximate surface area is 178 Å². The van der Waals surface area contributed by atoms with E-state index in [4.69, 9.17) is 4.74 Å². The van der Waals surface area contributed by atoms with E-state index >= 15 is 0 Å². The van der Waals surface area contributed by atoms with Gasteiger partial charge in [-0.05, 0) is 74.6 Å². The third-order valence-corrected chi connectivity index (χ3v) is 4.79. The minimum absolute atomic E-state index is 0.250. The Hall–Kier alpha value is -2.09. The fraction of sp³-hybridized carbons (Fsp3) is 0.481. The summed E-state index contributed by atoms with van der Waals surface area (Å²) in [4.78, 5) is 0. The van der Waals surface area contributed by atoms with E-state index in [1.54, 1.807) is 12.1 Å². The number of allylic oxidation sites excluding steroid dienone is 1. The van der Waals surface area contributed by atoms with E-state index in [0.29, 0.717) is 5.75 Å². The van der Waals surface area contributed by atoms with Crippen LogP contribution in [0.15, 0.2) is 60.7 Å². The summed E-state index contributed by atoms with van der Waals surface area (Å²) in [5.41, 5.74) is 2.66. The maximum absolute atomic E-state index is 12.9. The monoisotopic (exact) mass is 398 g/mol. The predicted molar refractivity (Wildman–Crippen MR) is 124 cm³/mol. The summed E-state index contributed by atoms with van der Waals surface area (Å²) in [5.74, 6) is 1.20. The van der Waals surface area contributed by atoms with E-state index in [9.17, 15) is 4.39 Å². The highest BCUT2D eigenvalue weighted by Gasteiger charge is 2.00. The molecule has 2 rings (SSSR count). The molecule has 2 heteroatoms. The number of unbranched alkanes of at least 4 members (excludes halogenated alkanes) is 7. The van der Waals surface area contributed by atoms with Crippen LogP contribution in [0.5, 0.6) is 11.5 Å². The van der Waals surface area contributed by atoms with Crippen LogP contribution in [-0.4, -0.2) is 0 Å². The smallest absolute Gasteiger partial charge is 0.127 e. The van der Waals surface area contributed by atoms with E-state index in [-0.39, 0.29) is 5.82 Å². The number of halogens is 1. The van der Waals surface area contributed by atoms with Crippen LogP contribution in [0.25, 0.3) is 0 Å². The molecule has 0 atom stereocenters. The molecule has 0 amide bonds. The van der Waals surface area contributed by atoms with Crippen LogP contribution in [0.1, 0.15) is 84.1 Å². The van der Waals surface area contributed by atoms with Crippen molar-refractivity contribution < 1.29 is 9.13 Å². The number of aryl methyl sites for hydroxylation is 1. The summed E-state index contributed by atoms with van der Waals surface area (Å²) >= 11 is 0. The van der Waals surface area contributed by atoms with Crippen molar-refractivity contribution in [2.45, 2.75) is 85.0 Å². The molecule has 0 fully saturated rings. The highest BCUT2D eigenvalue weighted by Crippen LogP contribution is 2.22. The minimum atomic E-state index is -0.250. The van der Waals surface area contributed by atoms with Gasteiger partial charge >= 0.3 is 0 Å². The van der Waals surface area contributed by atoms with Gasteiger partial charge in [0.2, 0.25) is 0 Å². The third-order valence-electron chi connectivity index (χ3n) is 4.79. The van der Waals surface area contributed by atoms with E-state index in [1.807, 2.05) is 26.0 Å². The first-order chi connectivity index (χ1) is 14.1. The quantitative estimate of drug-likeness (QED) is 0.241. The van der Waals surface area contributed by atoms with Crippen LogP contribution in [0, 0.1) is 5.82 Å². The maximum Gasteiger partial charge on any atom is 0.127 e. The van der Waals surface area contributed by atoms with Gasteiger partial charge in [0.25, 0.3) is 0 Å². The van der Waals surface area contributed by atoms with Crippen LogP contribution in [0.4, 0.5) is 4.39 Å². The average Bonchev–Trinajstić information content (AvgIpc) is 2.73. The molecule has 29 heavy (non-hydrogen) atoms. The van der Waals surface area contributed by atoms with E-state index in [1.165, 1.54) is 81.1 Å². The molecule has 0 saturated carbocycles. The van der Waals surface area contributed by atoms with Crippen molar-refractivity contribution in [2.24, 2.45) is 0 Å². The SMILES string of the molecule is C=C(C)CCCCCCCCCCc1ccc(Oc2ccc(F)cc2)cc1.CC. The number of hydrogen-bond donors (Lipinski definition) is 0. The zero-order chi connectivity index (χ0) is 21.3. The lowest BCUT2D eigenvalue weighted by Crippen LogP contribution is -1.88. The Bertz CT molecular complexity index is 658. The minimum Gasteiger partial charge on any atom is -0.457 e. The topological polar surface area (TPSA) is 9.23 Å². The Morgan fingerprint density at radius 2 is 1.17 bits per heavy atom. The molecule has 0 N–H and O–H groups in total. The van der Waals surface area contributed by atoms with Crippen molar-refractivity contribution in [3.63, 3.8) is 0 Å². The molecule has 0 aliphatic carbocycles. The van der Waals surface area contributed by atoms with Crippen LogP contribution < -0.4 is 4.74 Å². The summed E-state index contributed by atoms with van der Waals surface area (Å²) in [6, 6.07) is 14.3. The number of hydrogen-bond acceptors (Lipinski definition) is 1. The Morgan fingerprint density at radius 3 is 1.69 bits per heavy atom. The first kappa shape index (κ1) is 24.9. The fourth-order valence-corrected chi connectivity index (χ4v) is 3.18. The first-order valence-corrected chi connectivity index (χ1v) is 11.3. The third kappa shape index (κ3) is 12.2. The molecular formula is C27H39FO. The number of benzene rings is 2. The van der Waals surface area contributed by atoms with Gasteiger partial charge in [-0.3, -0.25) is 0 Å². The lowest BCUT2D eigenvalue weighted by molar-refractivity contribution is 0.480. The lowest BCUT2D eigenvalue weighted by atomic mass is 10.0. The zero-order valence-corrected chi connectivity index (χ0v) is 18.7. The van der Waals surface area contributed by atoms with Gasteiger partial charge in [0, 0.05) is 0 Å². The maximum atomic E-state index is 12.9. The largest absolute Gasteiger partial charge is 0.457 e. The van der Waals surface area contributed by atoms with Crippen LogP contribution in [0.3, 0.4) is 0 Å². The Morgan fingerprint density at radius 1 is 0.724 bits per heavy atom. The molecule has 2 aromatic carbocycles. The fourth-order valence-electron chi connectivity index (χ4n) is 3.18. The molecule has 0 radical (unpaired) electrons. The molecule has 2 aromatic rings. The molecule has 0 spiro atoms. The molecular weight excluding hydrogens is 359 g/mol. The van der Waals surface area contributed by atoms with Gasteiger partial charge in [-0.2, -0.15) is 0 Å². The van der Waals surface area contributed by atoms with E-state index < -0.39 is 0 Å². The van der Waals surface area contributed by atoms with Crippen LogP contribution in [0.2, 0.25) is 0 Å². The van der Waals surface area contributed by atoms with Gasteiger partial charge in [-0.1, -0.05) is 70.1 Å². The molecule has 0 saturated heterocycles. The van der Waals surface area contributed by atoms with Crippen molar-refractivity contribution in [3.05, 3.63) is 72.1 Å². The predicted octanol–water partition coefficient (Wildman–Crippen LogP) is 9.27. The Kier molecular flexibility index (Phi) is 13.6. The molecule has 0 bridgehead atoms. The number of ether oxygens (including phenoxy) is 1. The van der Waals surface area contributed by atoms with Gasteiger partial charge in [0.1, 0.15) is 17.3 Å². The van der Waals surface area contributed by atoms with Gasteiger partial charge in [0.15, 0.2) is 0 Å². The summed E-state index contributed by atoms with van der Waals surface area (Å²) < 4.78 is 18.6. The average molecular weight is 399 g/mol. The van der Waals surface area contributed by atoms with E-state index in [0.717, 1.165) is 12.2 Å². The summed E-state index contributed by atoms with van der Waals surface area (Å²) in [6.45, 7) is 10.1. The standard InChI is InChI=1S/C25H33FO.C2H6/c1-21(2)11-9-7-5-3-4-6-8-10-12-22-13-17-24(18-14-22)27-25-19-15-23(26)16-20-25;1-2/h13-20H,1,3-12H2,2H3;1-2H3. The second-order valence-corrected chi connectivity index (χ2v) is 7.49. The first-order valence-electron chi connectivity index (χ1n) is 11.3. The van der Waals surface area contributed by atoms with Crippen molar-refractivity contribution in [2.75, 3.05) is 0 Å². The summed E-state index contributed by atoms with van der Waals surface area (Å²) in [6.07, 6.45) is 12.9. The molecule has 0 aliphatic heterocycles.